The lowest BCUT2D eigenvalue weighted by Gasteiger charge is -2.33. The minimum Gasteiger partial charge on any atom is -0.480 e. The van der Waals surface area contributed by atoms with E-state index in [1.54, 1.807) is 6.20 Å². The average Bonchev–Trinajstić information content (AvgIpc) is 3.29. The van der Waals surface area contributed by atoms with Crippen molar-refractivity contribution in [3.63, 3.8) is 0 Å². The van der Waals surface area contributed by atoms with Crippen LogP contribution in [0.25, 0.3) is 10.9 Å². The van der Waals surface area contributed by atoms with Crippen LogP contribution < -0.4 is 0 Å². The van der Waals surface area contributed by atoms with Gasteiger partial charge >= 0.3 is 5.97 Å². The highest BCUT2D eigenvalue weighted by Crippen LogP contribution is 2.27. The van der Waals surface area contributed by atoms with Gasteiger partial charge in [0, 0.05) is 42.6 Å². The van der Waals surface area contributed by atoms with Crippen molar-refractivity contribution in [2.45, 2.75) is 31.8 Å². The van der Waals surface area contributed by atoms with Crippen LogP contribution >= 0.6 is 0 Å². The zero-order valence-electron chi connectivity index (χ0n) is 15.0. The smallest absolute Gasteiger partial charge is 0.325 e. The molecule has 3 heterocycles. The van der Waals surface area contributed by atoms with Gasteiger partial charge in [-0.2, -0.15) is 5.10 Å². The SMILES string of the molecule is O=C(O)Cn1nccc1C1CCCN(C(=O)Cn2ccc3ccccc32)C1. The van der Waals surface area contributed by atoms with Gasteiger partial charge in [-0.3, -0.25) is 14.3 Å². The summed E-state index contributed by atoms with van der Waals surface area (Å²) in [5.74, 6) is -0.709. The summed E-state index contributed by atoms with van der Waals surface area (Å²) in [4.78, 5) is 25.8. The first-order valence-electron chi connectivity index (χ1n) is 9.17. The number of piperidine rings is 1. The summed E-state index contributed by atoms with van der Waals surface area (Å²) in [6.07, 6.45) is 5.42. The number of rotatable bonds is 5. The second kappa shape index (κ2) is 7.26. The Morgan fingerprint density at radius 2 is 2.00 bits per heavy atom. The van der Waals surface area contributed by atoms with Gasteiger partial charge in [-0.05, 0) is 36.4 Å². The first-order chi connectivity index (χ1) is 13.1. The molecule has 7 heteroatoms. The summed E-state index contributed by atoms with van der Waals surface area (Å²) in [6.45, 7) is 1.50. The van der Waals surface area contributed by atoms with E-state index >= 15 is 0 Å². The molecule has 1 amide bonds. The van der Waals surface area contributed by atoms with Crippen LogP contribution in [-0.4, -0.2) is 49.3 Å². The maximum Gasteiger partial charge on any atom is 0.325 e. The first-order valence-corrected chi connectivity index (χ1v) is 9.17. The van der Waals surface area contributed by atoms with E-state index in [1.165, 1.54) is 4.68 Å². The molecule has 1 saturated heterocycles. The standard InChI is InChI=1S/C20H22N4O3/c25-19(13-22-11-8-15-4-1-2-6-17(15)22)23-10-3-5-16(12-23)18-7-9-21-24(18)14-20(26)27/h1-2,4,6-9,11,16H,3,5,10,12-14H2,(H,26,27). The molecule has 1 aliphatic heterocycles. The summed E-state index contributed by atoms with van der Waals surface area (Å²) < 4.78 is 3.51. The third-order valence-corrected chi connectivity index (χ3v) is 5.21. The Bertz CT molecular complexity index is 974. The second-order valence-corrected chi connectivity index (χ2v) is 6.99. The fourth-order valence-electron chi connectivity index (χ4n) is 3.92. The Labute approximate surface area is 156 Å². The van der Waals surface area contributed by atoms with E-state index in [-0.39, 0.29) is 18.4 Å². The molecular weight excluding hydrogens is 344 g/mol. The lowest BCUT2D eigenvalue weighted by molar-refractivity contribution is -0.138. The highest BCUT2D eigenvalue weighted by molar-refractivity contribution is 5.83. The molecule has 0 radical (unpaired) electrons. The number of hydrogen-bond acceptors (Lipinski definition) is 3. The fourth-order valence-corrected chi connectivity index (χ4v) is 3.92. The largest absolute Gasteiger partial charge is 0.480 e. The van der Waals surface area contributed by atoms with Gasteiger partial charge in [0.05, 0.1) is 0 Å². The maximum absolute atomic E-state index is 12.9. The highest BCUT2D eigenvalue weighted by atomic mass is 16.4. The van der Waals surface area contributed by atoms with Gasteiger partial charge in [0.2, 0.25) is 5.91 Å². The van der Waals surface area contributed by atoms with E-state index in [9.17, 15) is 9.59 Å². The minimum atomic E-state index is -0.914. The maximum atomic E-state index is 12.9. The Morgan fingerprint density at radius 3 is 2.85 bits per heavy atom. The molecule has 140 valence electrons. The molecule has 1 N–H and O–H groups in total. The Hall–Kier alpha value is -3.09. The van der Waals surface area contributed by atoms with E-state index in [0.29, 0.717) is 13.1 Å². The molecule has 1 atom stereocenters. The van der Waals surface area contributed by atoms with Crippen LogP contribution in [0.3, 0.4) is 0 Å². The van der Waals surface area contributed by atoms with Crippen LogP contribution in [0.1, 0.15) is 24.5 Å². The van der Waals surface area contributed by atoms with Gasteiger partial charge in [0.25, 0.3) is 0 Å². The third kappa shape index (κ3) is 3.58. The van der Waals surface area contributed by atoms with Gasteiger partial charge < -0.3 is 14.6 Å². The lowest BCUT2D eigenvalue weighted by Crippen LogP contribution is -2.41. The summed E-state index contributed by atoms with van der Waals surface area (Å²) in [7, 11) is 0. The predicted octanol–water partition coefficient (Wildman–Crippen LogP) is 2.33. The molecule has 4 rings (SSSR count). The van der Waals surface area contributed by atoms with Crippen molar-refractivity contribution in [1.82, 2.24) is 19.2 Å². The number of aliphatic carboxylic acids is 1. The number of para-hydroxylation sites is 1. The molecule has 1 fully saturated rings. The fraction of sp³-hybridized carbons (Fsp3) is 0.350. The minimum absolute atomic E-state index is 0.0883. The Morgan fingerprint density at radius 1 is 1.15 bits per heavy atom. The second-order valence-electron chi connectivity index (χ2n) is 6.99. The number of carbonyl (C=O) groups excluding carboxylic acids is 1. The van der Waals surface area contributed by atoms with Crippen LogP contribution in [0.2, 0.25) is 0 Å². The van der Waals surface area contributed by atoms with Crippen LogP contribution in [-0.2, 0) is 22.7 Å². The molecular formula is C20H22N4O3. The Kier molecular flexibility index (Phi) is 4.66. The zero-order valence-corrected chi connectivity index (χ0v) is 15.0. The summed E-state index contributed by atoms with van der Waals surface area (Å²) in [5.41, 5.74) is 1.94. The van der Waals surface area contributed by atoms with Crippen molar-refractivity contribution in [2.24, 2.45) is 0 Å². The molecule has 2 aromatic heterocycles. The van der Waals surface area contributed by atoms with Gasteiger partial charge in [0.15, 0.2) is 0 Å². The number of carboxylic acids is 1. The van der Waals surface area contributed by atoms with Crippen LogP contribution in [0.15, 0.2) is 48.8 Å². The molecule has 7 nitrogen and oxygen atoms in total. The Balaban J connectivity index is 1.47. The molecule has 3 aromatic rings. The van der Waals surface area contributed by atoms with E-state index in [1.807, 2.05) is 52.1 Å². The molecule has 1 aliphatic rings. The number of likely N-dealkylation sites (tertiary alicyclic amines) is 1. The predicted molar refractivity (Wildman–Crippen MR) is 100 cm³/mol. The van der Waals surface area contributed by atoms with Crippen molar-refractivity contribution in [1.29, 1.82) is 0 Å². The molecule has 1 unspecified atom stereocenters. The zero-order chi connectivity index (χ0) is 18.8. The normalized spacial score (nSPS) is 17.3. The number of carboxylic acid groups (broad SMARTS) is 1. The van der Waals surface area contributed by atoms with Crippen molar-refractivity contribution in [3.8, 4) is 0 Å². The number of amides is 1. The number of aromatic nitrogens is 3. The van der Waals surface area contributed by atoms with Gasteiger partial charge in [0.1, 0.15) is 13.1 Å². The summed E-state index contributed by atoms with van der Waals surface area (Å²) in [5, 5.41) is 14.3. The van der Waals surface area contributed by atoms with E-state index in [0.717, 1.165) is 36.0 Å². The van der Waals surface area contributed by atoms with Crippen LogP contribution in [0, 0.1) is 0 Å². The molecule has 0 spiro atoms. The van der Waals surface area contributed by atoms with E-state index in [4.69, 9.17) is 5.11 Å². The third-order valence-electron chi connectivity index (χ3n) is 5.21. The topological polar surface area (TPSA) is 80.4 Å². The van der Waals surface area contributed by atoms with Crippen molar-refractivity contribution >= 4 is 22.8 Å². The van der Waals surface area contributed by atoms with Gasteiger partial charge in [-0.1, -0.05) is 18.2 Å². The number of nitrogens with zero attached hydrogens (tertiary/aromatic N) is 4. The first kappa shape index (κ1) is 17.3. The number of fused-ring (bicyclic) bond motifs is 1. The number of benzene rings is 1. The van der Waals surface area contributed by atoms with Crippen molar-refractivity contribution in [2.75, 3.05) is 13.1 Å². The highest BCUT2D eigenvalue weighted by Gasteiger charge is 2.27. The molecule has 1 aromatic carbocycles. The van der Waals surface area contributed by atoms with Gasteiger partial charge in [-0.25, -0.2) is 0 Å². The van der Waals surface area contributed by atoms with Gasteiger partial charge in [-0.15, -0.1) is 0 Å². The van der Waals surface area contributed by atoms with E-state index in [2.05, 4.69) is 5.10 Å². The quantitative estimate of drug-likeness (QED) is 0.751. The molecule has 0 saturated carbocycles. The number of carbonyl (C=O) groups is 2. The summed E-state index contributed by atoms with van der Waals surface area (Å²) >= 11 is 0. The lowest BCUT2D eigenvalue weighted by atomic mass is 9.94. The molecule has 27 heavy (non-hydrogen) atoms. The molecule has 0 aliphatic carbocycles. The van der Waals surface area contributed by atoms with Crippen molar-refractivity contribution in [3.05, 3.63) is 54.5 Å². The molecule has 0 bridgehead atoms. The summed E-state index contributed by atoms with van der Waals surface area (Å²) in [6, 6.07) is 11.9. The van der Waals surface area contributed by atoms with Crippen LogP contribution in [0.4, 0.5) is 0 Å². The monoisotopic (exact) mass is 366 g/mol. The average molecular weight is 366 g/mol. The number of hydrogen-bond donors (Lipinski definition) is 1. The van der Waals surface area contributed by atoms with Crippen molar-refractivity contribution < 1.29 is 14.7 Å². The van der Waals surface area contributed by atoms with E-state index < -0.39 is 5.97 Å². The van der Waals surface area contributed by atoms with Crippen LogP contribution in [0.5, 0.6) is 0 Å².